The van der Waals surface area contributed by atoms with Crippen LogP contribution in [-0.4, -0.2) is 20.3 Å². The molecule has 0 saturated heterocycles. The predicted molar refractivity (Wildman–Crippen MR) is 57.0 cm³/mol. The molecule has 0 aliphatic heterocycles. The smallest absolute Gasteiger partial charge is 0.134 e. The maximum absolute atomic E-state index is 5.96. The SMILES string of the molecule is CCCn1c(C)nnc1CC(C)(C)N. The van der Waals surface area contributed by atoms with Gasteiger partial charge in [0.15, 0.2) is 0 Å². The molecule has 0 radical (unpaired) electrons. The molecular weight excluding hydrogens is 176 g/mol. The summed E-state index contributed by atoms with van der Waals surface area (Å²) in [5.41, 5.74) is 5.74. The Balaban J connectivity index is 2.86. The van der Waals surface area contributed by atoms with Crippen molar-refractivity contribution in [2.75, 3.05) is 0 Å². The van der Waals surface area contributed by atoms with Gasteiger partial charge in [0.25, 0.3) is 0 Å². The number of nitrogens with zero attached hydrogens (tertiary/aromatic N) is 3. The second-order valence-electron chi connectivity index (χ2n) is 4.48. The van der Waals surface area contributed by atoms with Crippen LogP contribution in [0.15, 0.2) is 0 Å². The van der Waals surface area contributed by atoms with E-state index in [-0.39, 0.29) is 5.54 Å². The molecule has 0 fully saturated rings. The lowest BCUT2D eigenvalue weighted by molar-refractivity contribution is 0.481. The summed E-state index contributed by atoms with van der Waals surface area (Å²) in [6, 6.07) is 0. The van der Waals surface area contributed by atoms with Gasteiger partial charge in [-0.15, -0.1) is 10.2 Å². The van der Waals surface area contributed by atoms with E-state index in [9.17, 15) is 0 Å². The quantitative estimate of drug-likeness (QED) is 0.789. The first-order valence-electron chi connectivity index (χ1n) is 5.11. The third kappa shape index (κ3) is 2.80. The van der Waals surface area contributed by atoms with Gasteiger partial charge in [-0.1, -0.05) is 6.92 Å². The molecule has 0 aliphatic rings. The van der Waals surface area contributed by atoms with Crippen LogP contribution in [0.1, 0.15) is 38.8 Å². The van der Waals surface area contributed by atoms with Crippen molar-refractivity contribution in [3.8, 4) is 0 Å². The summed E-state index contributed by atoms with van der Waals surface area (Å²) in [6.07, 6.45) is 1.87. The standard InChI is InChI=1S/C10H20N4/c1-5-6-14-8(2)12-13-9(14)7-10(3,4)11/h5-7,11H2,1-4H3. The molecule has 0 amide bonds. The van der Waals surface area contributed by atoms with Crippen LogP contribution >= 0.6 is 0 Å². The van der Waals surface area contributed by atoms with E-state index < -0.39 is 0 Å². The van der Waals surface area contributed by atoms with Crippen LogP contribution in [0.5, 0.6) is 0 Å². The van der Waals surface area contributed by atoms with Crippen molar-refractivity contribution in [2.24, 2.45) is 5.73 Å². The van der Waals surface area contributed by atoms with Gasteiger partial charge in [-0.05, 0) is 27.2 Å². The Kier molecular flexibility index (Phi) is 3.26. The van der Waals surface area contributed by atoms with Crippen LogP contribution < -0.4 is 5.73 Å². The molecule has 1 heterocycles. The lowest BCUT2D eigenvalue weighted by atomic mass is 10.0. The summed E-state index contributed by atoms with van der Waals surface area (Å²) in [5, 5.41) is 8.23. The van der Waals surface area contributed by atoms with Crippen molar-refractivity contribution < 1.29 is 0 Å². The van der Waals surface area contributed by atoms with E-state index in [0.717, 1.165) is 31.0 Å². The van der Waals surface area contributed by atoms with Gasteiger partial charge < -0.3 is 10.3 Å². The van der Waals surface area contributed by atoms with Gasteiger partial charge in [-0.25, -0.2) is 0 Å². The topological polar surface area (TPSA) is 56.7 Å². The second kappa shape index (κ2) is 4.09. The number of hydrogen-bond acceptors (Lipinski definition) is 3. The minimum absolute atomic E-state index is 0.217. The van der Waals surface area contributed by atoms with Crippen molar-refractivity contribution in [1.82, 2.24) is 14.8 Å². The number of aromatic nitrogens is 3. The monoisotopic (exact) mass is 196 g/mol. The molecule has 4 nitrogen and oxygen atoms in total. The lowest BCUT2D eigenvalue weighted by Gasteiger charge is -2.18. The molecule has 0 saturated carbocycles. The maximum atomic E-state index is 5.96. The summed E-state index contributed by atoms with van der Waals surface area (Å²) in [6.45, 7) is 9.12. The zero-order chi connectivity index (χ0) is 10.8. The molecule has 2 N–H and O–H groups in total. The van der Waals surface area contributed by atoms with Gasteiger partial charge in [-0.2, -0.15) is 0 Å². The highest BCUT2D eigenvalue weighted by Crippen LogP contribution is 2.10. The van der Waals surface area contributed by atoms with Crippen LogP contribution in [0.25, 0.3) is 0 Å². The van der Waals surface area contributed by atoms with Gasteiger partial charge in [0, 0.05) is 18.5 Å². The van der Waals surface area contributed by atoms with E-state index in [2.05, 4.69) is 21.7 Å². The van der Waals surface area contributed by atoms with Crippen LogP contribution in [0.3, 0.4) is 0 Å². The first kappa shape index (κ1) is 11.2. The molecule has 0 atom stereocenters. The third-order valence-electron chi connectivity index (χ3n) is 2.07. The molecular formula is C10H20N4. The van der Waals surface area contributed by atoms with Gasteiger partial charge in [-0.3, -0.25) is 0 Å². The summed E-state index contributed by atoms with van der Waals surface area (Å²) < 4.78 is 2.15. The summed E-state index contributed by atoms with van der Waals surface area (Å²) >= 11 is 0. The average molecular weight is 196 g/mol. The third-order valence-corrected chi connectivity index (χ3v) is 2.07. The number of nitrogens with two attached hydrogens (primary N) is 1. The molecule has 1 aromatic rings. The van der Waals surface area contributed by atoms with E-state index in [4.69, 9.17) is 5.73 Å². The van der Waals surface area contributed by atoms with Gasteiger partial charge in [0.1, 0.15) is 11.6 Å². The summed E-state index contributed by atoms with van der Waals surface area (Å²) in [4.78, 5) is 0. The zero-order valence-corrected chi connectivity index (χ0v) is 9.54. The molecule has 80 valence electrons. The first-order chi connectivity index (χ1) is 6.44. The molecule has 1 rings (SSSR count). The molecule has 0 spiro atoms. The molecule has 14 heavy (non-hydrogen) atoms. The first-order valence-corrected chi connectivity index (χ1v) is 5.11. The fourth-order valence-electron chi connectivity index (χ4n) is 1.48. The Morgan fingerprint density at radius 2 is 2.00 bits per heavy atom. The van der Waals surface area contributed by atoms with E-state index in [1.165, 1.54) is 0 Å². The normalized spacial score (nSPS) is 12.1. The summed E-state index contributed by atoms with van der Waals surface area (Å²) in [7, 11) is 0. The van der Waals surface area contributed by atoms with Crippen molar-refractivity contribution in [2.45, 2.75) is 52.6 Å². The molecule has 0 aliphatic carbocycles. The van der Waals surface area contributed by atoms with E-state index >= 15 is 0 Å². The Morgan fingerprint density at radius 3 is 2.50 bits per heavy atom. The lowest BCUT2D eigenvalue weighted by Crippen LogP contribution is -2.35. The second-order valence-corrected chi connectivity index (χ2v) is 4.48. The van der Waals surface area contributed by atoms with Crippen LogP contribution in [0, 0.1) is 6.92 Å². The highest BCUT2D eigenvalue weighted by molar-refractivity contribution is 4.98. The predicted octanol–water partition coefficient (Wildman–Crippen LogP) is 1.28. The van der Waals surface area contributed by atoms with E-state index in [1.54, 1.807) is 0 Å². The average Bonchev–Trinajstić information content (AvgIpc) is 2.33. The largest absolute Gasteiger partial charge is 0.325 e. The Morgan fingerprint density at radius 1 is 1.36 bits per heavy atom. The molecule has 4 heteroatoms. The fourth-order valence-corrected chi connectivity index (χ4v) is 1.48. The van der Waals surface area contributed by atoms with Gasteiger partial charge in [0.2, 0.25) is 0 Å². The molecule has 0 aromatic carbocycles. The zero-order valence-electron chi connectivity index (χ0n) is 9.54. The number of rotatable bonds is 4. The highest BCUT2D eigenvalue weighted by Gasteiger charge is 2.17. The van der Waals surface area contributed by atoms with Gasteiger partial charge in [0.05, 0.1) is 0 Å². The molecule has 0 bridgehead atoms. The van der Waals surface area contributed by atoms with Crippen LogP contribution in [0.2, 0.25) is 0 Å². The number of hydrogen-bond donors (Lipinski definition) is 1. The Bertz CT molecular complexity index is 296. The Hall–Kier alpha value is -0.900. The van der Waals surface area contributed by atoms with E-state index in [0.29, 0.717) is 0 Å². The summed E-state index contributed by atoms with van der Waals surface area (Å²) in [5.74, 6) is 1.97. The molecule has 1 aromatic heterocycles. The minimum Gasteiger partial charge on any atom is -0.325 e. The highest BCUT2D eigenvalue weighted by atomic mass is 15.3. The van der Waals surface area contributed by atoms with Crippen molar-refractivity contribution in [3.63, 3.8) is 0 Å². The van der Waals surface area contributed by atoms with Crippen LogP contribution in [-0.2, 0) is 13.0 Å². The fraction of sp³-hybridized carbons (Fsp3) is 0.800. The molecule has 0 unspecified atom stereocenters. The Labute approximate surface area is 85.5 Å². The maximum Gasteiger partial charge on any atom is 0.134 e. The van der Waals surface area contributed by atoms with Crippen molar-refractivity contribution >= 4 is 0 Å². The van der Waals surface area contributed by atoms with Crippen molar-refractivity contribution in [3.05, 3.63) is 11.6 Å². The van der Waals surface area contributed by atoms with Crippen molar-refractivity contribution in [1.29, 1.82) is 0 Å². The van der Waals surface area contributed by atoms with Gasteiger partial charge >= 0.3 is 0 Å². The minimum atomic E-state index is -0.217. The van der Waals surface area contributed by atoms with Crippen LogP contribution in [0.4, 0.5) is 0 Å². The number of aryl methyl sites for hydroxylation is 1. The van der Waals surface area contributed by atoms with E-state index in [1.807, 2.05) is 20.8 Å².